The molecule has 0 amide bonds. The second-order valence-corrected chi connectivity index (χ2v) is 8.41. The van der Waals surface area contributed by atoms with E-state index in [2.05, 4.69) is 19.9 Å². The van der Waals surface area contributed by atoms with E-state index in [1.807, 2.05) is 41.9 Å². The number of hydrogen-bond donors (Lipinski definition) is 0. The van der Waals surface area contributed by atoms with Gasteiger partial charge in [0.25, 0.3) is 0 Å². The van der Waals surface area contributed by atoms with Crippen LogP contribution in [0.1, 0.15) is 54.7 Å². The number of rotatable bonds is 6. The van der Waals surface area contributed by atoms with Gasteiger partial charge >= 0.3 is 0 Å². The Labute approximate surface area is 161 Å². The Morgan fingerprint density at radius 1 is 1.12 bits per heavy atom. The van der Waals surface area contributed by atoms with E-state index in [1.165, 1.54) is 31.5 Å². The number of para-hydroxylation sites is 1. The Morgan fingerprint density at radius 3 is 2.58 bits per heavy atom. The lowest BCUT2D eigenvalue weighted by molar-refractivity contribution is 0.627. The highest BCUT2D eigenvalue weighted by Gasteiger charge is 2.36. The first kappa shape index (κ1) is 16.4. The highest BCUT2D eigenvalue weighted by Crippen LogP contribution is 2.46. The molecular formula is C19H20ClN5S. The molecule has 2 aliphatic rings. The lowest BCUT2D eigenvalue weighted by Gasteiger charge is -2.08. The Morgan fingerprint density at radius 2 is 1.88 bits per heavy atom. The van der Waals surface area contributed by atoms with Gasteiger partial charge in [-0.1, -0.05) is 41.6 Å². The van der Waals surface area contributed by atoms with Crippen molar-refractivity contribution in [3.8, 4) is 5.69 Å². The molecule has 2 saturated carbocycles. The second kappa shape index (κ2) is 6.43. The number of halogens is 1. The minimum Gasteiger partial charge on any atom is -0.303 e. The van der Waals surface area contributed by atoms with Gasteiger partial charge in [-0.3, -0.25) is 0 Å². The molecule has 5 nitrogen and oxygen atoms in total. The molecule has 0 atom stereocenters. The lowest BCUT2D eigenvalue weighted by Crippen LogP contribution is -2.02. The molecule has 1 aromatic carbocycles. The summed E-state index contributed by atoms with van der Waals surface area (Å²) in [5.74, 6) is 2.58. The Bertz CT molecular complexity index is 940. The van der Waals surface area contributed by atoms with E-state index in [1.54, 1.807) is 11.8 Å². The molecule has 0 spiro atoms. The topological polar surface area (TPSA) is 48.5 Å². The molecule has 2 aliphatic carbocycles. The average molecular weight is 386 g/mol. The summed E-state index contributed by atoms with van der Waals surface area (Å²) in [6.45, 7) is 2.02. The summed E-state index contributed by atoms with van der Waals surface area (Å²) in [7, 11) is 0. The molecule has 2 aromatic heterocycles. The van der Waals surface area contributed by atoms with E-state index in [4.69, 9.17) is 11.6 Å². The largest absolute Gasteiger partial charge is 0.303 e. The SMILES string of the molecule is Cc1nn(-c2ccccc2)c(Cl)c1CSc1nnc(C2CC2)n1C1CC1. The molecule has 0 saturated heterocycles. The molecule has 5 rings (SSSR count). The lowest BCUT2D eigenvalue weighted by atomic mass is 10.3. The van der Waals surface area contributed by atoms with Gasteiger partial charge in [0.2, 0.25) is 0 Å². The number of nitrogens with zero attached hydrogens (tertiary/aromatic N) is 5. The molecule has 2 fully saturated rings. The van der Waals surface area contributed by atoms with Gasteiger partial charge in [0, 0.05) is 23.3 Å². The van der Waals surface area contributed by atoms with Crippen molar-refractivity contribution in [2.24, 2.45) is 0 Å². The predicted molar refractivity (Wildman–Crippen MR) is 103 cm³/mol. The monoisotopic (exact) mass is 385 g/mol. The van der Waals surface area contributed by atoms with Gasteiger partial charge in [0.05, 0.1) is 11.4 Å². The van der Waals surface area contributed by atoms with Crippen molar-refractivity contribution in [1.29, 1.82) is 0 Å². The normalized spacial score (nSPS) is 17.0. The van der Waals surface area contributed by atoms with Crippen LogP contribution < -0.4 is 0 Å². The van der Waals surface area contributed by atoms with E-state index >= 15 is 0 Å². The van der Waals surface area contributed by atoms with Crippen molar-refractivity contribution >= 4 is 23.4 Å². The molecule has 134 valence electrons. The zero-order chi connectivity index (χ0) is 17.7. The smallest absolute Gasteiger partial charge is 0.191 e. The summed E-state index contributed by atoms with van der Waals surface area (Å²) >= 11 is 8.38. The Hall–Kier alpha value is -1.79. The number of aromatic nitrogens is 5. The second-order valence-electron chi connectivity index (χ2n) is 7.11. The van der Waals surface area contributed by atoms with E-state index in [0.29, 0.717) is 17.1 Å². The molecule has 0 aliphatic heterocycles. The minimum absolute atomic E-state index is 0.603. The van der Waals surface area contributed by atoms with Crippen molar-refractivity contribution in [3.05, 3.63) is 52.6 Å². The first-order chi connectivity index (χ1) is 12.7. The zero-order valence-electron chi connectivity index (χ0n) is 14.6. The minimum atomic E-state index is 0.603. The third-order valence-electron chi connectivity index (χ3n) is 5.01. The molecule has 2 heterocycles. The van der Waals surface area contributed by atoms with E-state index < -0.39 is 0 Å². The van der Waals surface area contributed by atoms with Gasteiger partial charge in [-0.25, -0.2) is 4.68 Å². The van der Waals surface area contributed by atoms with Crippen LogP contribution >= 0.6 is 23.4 Å². The van der Waals surface area contributed by atoms with Crippen LogP contribution in [0, 0.1) is 6.92 Å². The fraction of sp³-hybridized carbons (Fsp3) is 0.421. The predicted octanol–water partition coefficient (Wildman–Crippen LogP) is 4.93. The summed E-state index contributed by atoms with van der Waals surface area (Å²) in [6.07, 6.45) is 5.00. The summed E-state index contributed by atoms with van der Waals surface area (Å²) in [5, 5.41) is 15.3. The molecule has 0 N–H and O–H groups in total. The Balaban J connectivity index is 1.40. The first-order valence-electron chi connectivity index (χ1n) is 9.09. The molecule has 26 heavy (non-hydrogen) atoms. The first-order valence-corrected chi connectivity index (χ1v) is 10.5. The number of aryl methyl sites for hydroxylation is 1. The van der Waals surface area contributed by atoms with Crippen molar-refractivity contribution in [1.82, 2.24) is 24.5 Å². The number of thioether (sulfide) groups is 1. The zero-order valence-corrected chi connectivity index (χ0v) is 16.2. The van der Waals surface area contributed by atoms with E-state index in [0.717, 1.165) is 27.9 Å². The average Bonchev–Trinajstić information content (AvgIpc) is 3.59. The fourth-order valence-electron chi connectivity index (χ4n) is 3.25. The van der Waals surface area contributed by atoms with Crippen molar-refractivity contribution < 1.29 is 0 Å². The van der Waals surface area contributed by atoms with Gasteiger partial charge in [-0.2, -0.15) is 5.10 Å². The maximum Gasteiger partial charge on any atom is 0.191 e. The quantitative estimate of drug-likeness (QED) is 0.564. The Kier molecular flexibility index (Phi) is 4.05. The molecule has 0 unspecified atom stereocenters. The molecule has 3 aromatic rings. The van der Waals surface area contributed by atoms with Crippen LogP contribution in [0.2, 0.25) is 5.15 Å². The van der Waals surface area contributed by atoms with Crippen molar-refractivity contribution in [2.75, 3.05) is 0 Å². The van der Waals surface area contributed by atoms with E-state index in [9.17, 15) is 0 Å². The van der Waals surface area contributed by atoms with E-state index in [-0.39, 0.29) is 0 Å². The van der Waals surface area contributed by atoms with Crippen LogP contribution in [0.5, 0.6) is 0 Å². The highest BCUT2D eigenvalue weighted by molar-refractivity contribution is 7.98. The third-order valence-corrected chi connectivity index (χ3v) is 6.37. The van der Waals surface area contributed by atoms with Crippen LogP contribution in [0.4, 0.5) is 0 Å². The van der Waals surface area contributed by atoms with Gasteiger partial charge in [0.15, 0.2) is 5.16 Å². The van der Waals surface area contributed by atoms with Gasteiger partial charge in [0.1, 0.15) is 11.0 Å². The number of hydrogen-bond acceptors (Lipinski definition) is 4. The van der Waals surface area contributed by atoms with Crippen LogP contribution in [0.25, 0.3) is 5.69 Å². The maximum absolute atomic E-state index is 6.66. The number of benzene rings is 1. The van der Waals surface area contributed by atoms with Crippen LogP contribution in [0.15, 0.2) is 35.5 Å². The van der Waals surface area contributed by atoms with Gasteiger partial charge in [-0.05, 0) is 44.7 Å². The molecular weight excluding hydrogens is 366 g/mol. The maximum atomic E-state index is 6.66. The van der Waals surface area contributed by atoms with Crippen LogP contribution in [0.3, 0.4) is 0 Å². The van der Waals surface area contributed by atoms with Gasteiger partial charge in [-0.15, -0.1) is 10.2 Å². The van der Waals surface area contributed by atoms with Crippen LogP contribution in [-0.2, 0) is 5.75 Å². The molecule has 7 heteroatoms. The summed E-state index contributed by atoms with van der Waals surface area (Å²) in [6, 6.07) is 10.6. The summed E-state index contributed by atoms with van der Waals surface area (Å²) in [4.78, 5) is 0. The molecule has 0 radical (unpaired) electrons. The summed E-state index contributed by atoms with van der Waals surface area (Å²) < 4.78 is 4.20. The van der Waals surface area contributed by atoms with Crippen molar-refractivity contribution in [3.63, 3.8) is 0 Å². The third kappa shape index (κ3) is 2.95. The van der Waals surface area contributed by atoms with Gasteiger partial charge < -0.3 is 4.57 Å². The highest BCUT2D eigenvalue weighted by atomic mass is 35.5. The van der Waals surface area contributed by atoms with Crippen molar-refractivity contribution in [2.45, 2.75) is 55.5 Å². The standard InChI is InChI=1S/C19H20ClN5S/c1-12-16(17(20)25(23-12)15-5-3-2-4-6-15)11-26-19-22-21-18(13-7-8-13)24(19)14-9-10-14/h2-6,13-14H,7-11H2,1H3. The summed E-state index contributed by atoms with van der Waals surface area (Å²) in [5.41, 5.74) is 3.01. The fourth-order valence-corrected chi connectivity index (χ4v) is 4.77. The molecule has 0 bridgehead atoms. The van der Waals surface area contributed by atoms with Crippen LogP contribution in [-0.4, -0.2) is 24.5 Å².